The monoisotopic (exact) mass is 284 g/mol. The lowest BCUT2D eigenvalue weighted by Crippen LogP contribution is -2.33. The Kier molecular flexibility index (Phi) is 5.72. The van der Waals surface area contributed by atoms with Gasteiger partial charge in [-0.25, -0.2) is 0 Å². The Balaban J connectivity index is 2.47. The molecule has 2 N–H and O–H groups in total. The van der Waals surface area contributed by atoms with Gasteiger partial charge in [0, 0.05) is 13.1 Å². The van der Waals surface area contributed by atoms with Crippen molar-refractivity contribution in [1.82, 2.24) is 15.5 Å². The van der Waals surface area contributed by atoms with Crippen LogP contribution in [0.4, 0.5) is 5.13 Å². The molecule has 5 nitrogen and oxygen atoms in total. The van der Waals surface area contributed by atoms with Crippen LogP contribution in [0.15, 0.2) is 0 Å². The van der Waals surface area contributed by atoms with Crippen LogP contribution < -0.4 is 10.6 Å². The maximum atomic E-state index is 11.9. The third kappa shape index (κ3) is 5.14. The predicted molar refractivity (Wildman–Crippen MR) is 79.6 cm³/mol. The zero-order chi connectivity index (χ0) is 14.5. The standard InChI is InChI=1S/C13H24N4OS/c1-6-7-14-12-17-16-11(19-12)10(18)15-8-9(2)13(3,4)5/h9H,6-8H2,1-5H3,(H,14,17)(H,15,18). The molecule has 0 aliphatic rings. The lowest BCUT2D eigenvalue weighted by atomic mass is 9.82. The van der Waals surface area contributed by atoms with Crippen LogP contribution in [-0.2, 0) is 0 Å². The molecule has 0 aliphatic carbocycles. The predicted octanol–water partition coefficient (Wildman–Crippen LogP) is 2.77. The first-order chi connectivity index (χ1) is 8.84. The van der Waals surface area contributed by atoms with Crippen molar-refractivity contribution < 1.29 is 4.79 Å². The van der Waals surface area contributed by atoms with Crippen molar-refractivity contribution in [2.24, 2.45) is 11.3 Å². The summed E-state index contributed by atoms with van der Waals surface area (Å²) in [5.74, 6) is 0.264. The molecule has 0 saturated carbocycles. The molecule has 0 spiro atoms. The number of carbonyl (C=O) groups is 1. The highest BCUT2D eigenvalue weighted by Gasteiger charge is 2.21. The van der Waals surface area contributed by atoms with Gasteiger partial charge in [0.1, 0.15) is 0 Å². The Bertz CT molecular complexity index is 411. The van der Waals surface area contributed by atoms with E-state index in [9.17, 15) is 4.79 Å². The normalized spacial score (nSPS) is 13.1. The summed E-state index contributed by atoms with van der Waals surface area (Å²) in [5.41, 5.74) is 0.183. The number of carbonyl (C=O) groups excluding carboxylic acids is 1. The Morgan fingerprint density at radius 2 is 2.05 bits per heavy atom. The summed E-state index contributed by atoms with van der Waals surface area (Å²) in [5, 5.41) is 15.0. The van der Waals surface area contributed by atoms with E-state index in [0.29, 0.717) is 22.6 Å². The number of hydrogen-bond acceptors (Lipinski definition) is 5. The summed E-state index contributed by atoms with van der Waals surface area (Å²) >= 11 is 1.29. The molecule has 1 unspecified atom stereocenters. The smallest absolute Gasteiger partial charge is 0.282 e. The SMILES string of the molecule is CCCNc1nnc(C(=O)NCC(C)C(C)(C)C)s1. The third-order valence-electron chi connectivity index (χ3n) is 3.19. The van der Waals surface area contributed by atoms with Gasteiger partial charge in [0.05, 0.1) is 0 Å². The topological polar surface area (TPSA) is 66.9 Å². The second kappa shape index (κ2) is 6.84. The second-order valence-corrected chi connectivity index (χ2v) is 6.79. The van der Waals surface area contributed by atoms with Crippen LogP contribution in [0, 0.1) is 11.3 Å². The van der Waals surface area contributed by atoms with Crippen LogP contribution in [0.5, 0.6) is 0 Å². The number of anilines is 1. The number of hydrogen-bond donors (Lipinski definition) is 2. The van der Waals surface area contributed by atoms with Crippen molar-refractivity contribution in [3.05, 3.63) is 5.01 Å². The van der Waals surface area contributed by atoms with E-state index >= 15 is 0 Å². The molecule has 1 rings (SSSR count). The van der Waals surface area contributed by atoms with Gasteiger partial charge in [-0.05, 0) is 17.8 Å². The van der Waals surface area contributed by atoms with Crippen molar-refractivity contribution in [1.29, 1.82) is 0 Å². The van der Waals surface area contributed by atoms with Crippen molar-refractivity contribution >= 4 is 22.4 Å². The Morgan fingerprint density at radius 3 is 2.63 bits per heavy atom. The molecule has 1 amide bonds. The maximum Gasteiger partial charge on any atom is 0.282 e. The van der Waals surface area contributed by atoms with Gasteiger partial charge in [-0.2, -0.15) is 0 Å². The molecule has 19 heavy (non-hydrogen) atoms. The van der Waals surface area contributed by atoms with E-state index in [4.69, 9.17) is 0 Å². The van der Waals surface area contributed by atoms with Crippen molar-refractivity contribution in [3.63, 3.8) is 0 Å². The van der Waals surface area contributed by atoms with E-state index in [0.717, 1.165) is 13.0 Å². The fourth-order valence-electron chi connectivity index (χ4n) is 1.25. The van der Waals surface area contributed by atoms with Crippen LogP contribution in [0.1, 0.15) is 50.8 Å². The molecule has 1 heterocycles. The first kappa shape index (κ1) is 15.9. The van der Waals surface area contributed by atoms with Crippen molar-refractivity contribution in [2.75, 3.05) is 18.4 Å². The number of nitrogens with zero attached hydrogens (tertiary/aromatic N) is 2. The first-order valence-corrected chi connectivity index (χ1v) is 7.51. The lowest BCUT2D eigenvalue weighted by Gasteiger charge is -2.27. The van der Waals surface area contributed by atoms with E-state index in [1.165, 1.54) is 11.3 Å². The molecule has 1 aromatic rings. The highest BCUT2D eigenvalue weighted by molar-refractivity contribution is 7.17. The second-order valence-electron chi connectivity index (χ2n) is 5.82. The van der Waals surface area contributed by atoms with Crippen LogP contribution in [0.25, 0.3) is 0 Å². The lowest BCUT2D eigenvalue weighted by molar-refractivity contribution is 0.0936. The average Bonchev–Trinajstić information content (AvgIpc) is 2.80. The summed E-state index contributed by atoms with van der Waals surface area (Å²) in [6.07, 6.45) is 1.02. The Labute approximate surface area is 119 Å². The molecule has 108 valence electrons. The molecule has 0 fully saturated rings. The third-order valence-corrected chi connectivity index (χ3v) is 4.07. The van der Waals surface area contributed by atoms with Crippen LogP contribution in [0.2, 0.25) is 0 Å². The van der Waals surface area contributed by atoms with Crippen LogP contribution in [-0.4, -0.2) is 29.2 Å². The minimum atomic E-state index is -0.141. The fourth-order valence-corrected chi connectivity index (χ4v) is 1.93. The summed E-state index contributed by atoms with van der Waals surface area (Å²) in [6.45, 7) is 12.2. The van der Waals surface area contributed by atoms with Crippen LogP contribution in [0.3, 0.4) is 0 Å². The quantitative estimate of drug-likeness (QED) is 0.843. The molecular formula is C13H24N4OS. The molecule has 0 aliphatic heterocycles. The molecule has 0 bridgehead atoms. The summed E-state index contributed by atoms with van der Waals surface area (Å²) in [6, 6.07) is 0. The van der Waals surface area contributed by atoms with Gasteiger partial charge in [-0.1, -0.05) is 46.0 Å². The van der Waals surface area contributed by atoms with Gasteiger partial charge >= 0.3 is 0 Å². The molecule has 0 saturated heterocycles. The number of amides is 1. The highest BCUT2D eigenvalue weighted by Crippen LogP contribution is 2.24. The molecule has 0 aromatic carbocycles. The maximum absolute atomic E-state index is 11.9. The number of nitrogens with one attached hydrogen (secondary N) is 2. The summed E-state index contributed by atoms with van der Waals surface area (Å²) < 4.78 is 0. The molecule has 6 heteroatoms. The van der Waals surface area contributed by atoms with E-state index in [2.05, 4.69) is 55.4 Å². The van der Waals surface area contributed by atoms with Crippen molar-refractivity contribution in [3.8, 4) is 0 Å². The molecule has 1 aromatic heterocycles. The summed E-state index contributed by atoms with van der Waals surface area (Å²) in [7, 11) is 0. The first-order valence-electron chi connectivity index (χ1n) is 6.70. The minimum Gasteiger partial charge on any atom is -0.360 e. The minimum absolute atomic E-state index is 0.141. The highest BCUT2D eigenvalue weighted by atomic mass is 32.1. The molecule has 0 radical (unpaired) electrons. The van der Waals surface area contributed by atoms with Crippen LogP contribution >= 0.6 is 11.3 Å². The van der Waals surface area contributed by atoms with Gasteiger partial charge in [0.2, 0.25) is 10.1 Å². The largest absolute Gasteiger partial charge is 0.360 e. The number of rotatable bonds is 6. The van der Waals surface area contributed by atoms with Gasteiger partial charge in [-0.3, -0.25) is 4.79 Å². The van der Waals surface area contributed by atoms with Gasteiger partial charge < -0.3 is 10.6 Å². The summed E-state index contributed by atoms with van der Waals surface area (Å²) in [4.78, 5) is 11.9. The van der Waals surface area contributed by atoms with Gasteiger partial charge in [0.15, 0.2) is 0 Å². The van der Waals surface area contributed by atoms with E-state index < -0.39 is 0 Å². The van der Waals surface area contributed by atoms with E-state index in [-0.39, 0.29) is 11.3 Å². The molecule has 1 atom stereocenters. The molecular weight excluding hydrogens is 260 g/mol. The number of aromatic nitrogens is 2. The fraction of sp³-hybridized carbons (Fsp3) is 0.769. The van der Waals surface area contributed by atoms with Gasteiger partial charge in [-0.15, -0.1) is 10.2 Å². The average molecular weight is 284 g/mol. The van der Waals surface area contributed by atoms with Crippen molar-refractivity contribution in [2.45, 2.75) is 41.0 Å². The van der Waals surface area contributed by atoms with Gasteiger partial charge in [0.25, 0.3) is 5.91 Å². The van der Waals surface area contributed by atoms with E-state index in [1.807, 2.05) is 0 Å². The zero-order valence-electron chi connectivity index (χ0n) is 12.4. The van der Waals surface area contributed by atoms with E-state index in [1.54, 1.807) is 0 Å². The Hall–Kier alpha value is -1.17. The zero-order valence-corrected chi connectivity index (χ0v) is 13.2. The Morgan fingerprint density at radius 1 is 1.37 bits per heavy atom.